The normalized spacial score (nSPS) is 11.4. The topological polar surface area (TPSA) is 29.1 Å². The van der Waals surface area contributed by atoms with Crippen LogP contribution in [0, 0.1) is 0 Å². The SMILES string of the molecule is O=C(CSCc1ccccc1Cl)Nc1cc(C(F)(F)F)ccc1Cl. The summed E-state index contributed by atoms with van der Waals surface area (Å²) in [5, 5.41) is 3.05. The van der Waals surface area contributed by atoms with E-state index in [0.717, 1.165) is 23.8 Å². The number of carbonyl (C=O) groups is 1. The fourth-order valence-corrected chi connectivity index (χ4v) is 3.13. The van der Waals surface area contributed by atoms with E-state index in [2.05, 4.69) is 5.32 Å². The zero-order chi connectivity index (χ0) is 17.7. The van der Waals surface area contributed by atoms with Crippen LogP contribution in [-0.2, 0) is 16.7 Å². The molecule has 0 radical (unpaired) electrons. The predicted octanol–water partition coefficient (Wildman–Crippen LogP) is 5.88. The van der Waals surface area contributed by atoms with Crippen molar-refractivity contribution in [2.24, 2.45) is 0 Å². The molecule has 0 fully saturated rings. The van der Waals surface area contributed by atoms with Gasteiger partial charge in [0.1, 0.15) is 0 Å². The Hall–Kier alpha value is -1.37. The van der Waals surface area contributed by atoms with E-state index in [9.17, 15) is 18.0 Å². The molecular formula is C16H12Cl2F3NOS. The van der Waals surface area contributed by atoms with Crippen molar-refractivity contribution >= 4 is 46.6 Å². The van der Waals surface area contributed by atoms with Crippen LogP contribution < -0.4 is 5.32 Å². The molecule has 2 nitrogen and oxygen atoms in total. The van der Waals surface area contributed by atoms with Crippen molar-refractivity contribution in [1.29, 1.82) is 0 Å². The summed E-state index contributed by atoms with van der Waals surface area (Å²) in [4.78, 5) is 11.9. The Balaban J connectivity index is 1.94. The minimum atomic E-state index is -4.50. The molecule has 2 aromatic carbocycles. The van der Waals surface area contributed by atoms with Gasteiger partial charge in [-0.1, -0.05) is 41.4 Å². The van der Waals surface area contributed by atoms with Crippen LogP contribution in [0.15, 0.2) is 42.5 Å². The molecule has 0 spiro atoms. The van der Waals surface area contributed by atoms with Gasteiger partial charge < -0.3 is 5.32 Å². The Kier molecular flexibility index (Phi) is 6.43. The van der Waals surface area contributed by atoms with E-state index >= 15 is 0 Å². The summed E-state index contributed by atoms with van der Waals surface area (Å²) in [6.07, 6.45) is -4.50. The molecule has 0 atom stereocenters. The molecule has 0 bridgehead atoms. The molecule has 1 amide bonds. The minimum Gasteiger partial charge on any atom is -0.324 e. The first-order chi connectivity index (χ1) is 11.3. The van der Waals surface area contributed by atoms with Crippen molar-refractivity contribution in [2.45, 2.75) is 11.9 Å². The van der Waals surface area contributed by atoms with Crippen LogP contribution in [0.2, 0.25) is 10.0 Å². The van der Waals surface area contributed by atoms with Crippen molar-refractivity contribution in [3.8, 4) is 0 Å². The second-order valence-corrected chi connectivity index (χ2v) is 6.62. The molecule has 0 heterocycles. The van der Waals surface area contributed by atoms with Crippen LogP contribution in [0.5, 0.6) is 0 Å². The fraction of sp³-hybridized carbons (Fsp3) is 0.188. The molecule has 0 saturated heterocycles. The molecule has 0 unspecified atom stereocenters. The van der Waals surface area contributed by atoms with E-state index in [1.807, 2.05) is 12.1 Å². The Morgan fingerprint density at radius 1 is 1.08 bits per heavy atom. The van der Waals surface area contributed by atoms with E-state index in [0.29, 0.717) is 10.8 Å². The number of hydrogen-bond donors (Lipinski definition) is 1. The van der Waals surface area contributed by atoms with Crippen molar-refractivity contribution < 1.29 is 18.0 Å². The molecule has 0 aliphatic heterocycles. The average Bonchev–Trinajstić information content (AvgIpc) is 2.50. The number of alkyl halides is 3. The van der Waals surface area contributed by atoms with Gasteiger partial charge in [0.15, 0.2) is 0 Å². The highest BCUT2D eigenvalue weighted by Crippen LogP contribution is 2.33. The quantitative estimate of drug-likeness (QED) is 0.686. The van der Waals surface area contributed by atoms with Crippen LogP contribution in [0.3, 0.4) is 0 Å². The lowest BCUT2D eigenvalue weighted by Gasteiger charge is -2.11. The Labute approximate surface area is 151 Å². The first-order valence-electron chi connectivity index (χ1n) is 6.75. The molecule has 0 saturated carbocycles. The lowest BCUT2D eigenvalue weighted by molar-refractivity contribution is -0.137. The largest absolute Gasteiger partial charge is 0.416 e. The summed E-state index contributed by atoms with van der Waals surface area (Å²) in [7, 11) is 0. The van der Waals surface area contributed by atoms with Crippen molar-refractivity contribution in [3.63, 3.8) is 0 Å². The van der Waals surface area contributed by atoms with Gasteiger partial charge in [0.2, 0.25) is 5.91 Å². The van der Waals surface area contributed by atoms with Gasteiger partial charge in [-0.3, -0.25) is 4.79 Å². The summed E-state index contributed by atoms with van der Waals surface area (Å²) >= 11 is 13.1. The van der Waals surface area contributed by atoms with E-state index < -0.39 is 17.6 Å². The maximum atomic E-state index is 12.7. The minimum absolute atomic E-state index is 0.0486. The molecule has 0 aromatic heterocycles. The fourth-order valence-electron chi connectivity index (χ4n) is 1.85. The molecule has 0 aliphatic rings. The number of amides is 1. The third-order valence-electron chi connectivity index (χ3n) is 3.02. The molecule has 8 heteroatoms. The Morgan fingerprint density at radius 3 is 2.46 bits per heavy atom. The van der Waals surface area contributed by atoms with E-state index in [-0.39, 0.29) is 16.5 Å². The number of rotatable bonds is 5. The van der Waals surface area contributed by atoms with Gasteiger partial charge >= 0.3 is 6.18 Å². The summed E-state index contributed by atoms with van der Waals surface area (Å²) in [6.45, 7) is 0. The molecule has 2 aromatic rings. The predicted molar refractivity (Wildman–Crippen MR) is 92.7 cm³/mol. The number of hydrogen-bond acceptors (Lipinski definition) is 2. The van der Waals surface area contributed by atoms with Crippen molar-refractivity contribution in [1.82, 2.24) is 0 Å². The zero-order valence-electron chi connectivity index (χ0n) is 12.2. The summed E-state index contributed by atoms with van der Waals surface area (Å²) in [5.41, 5.74) is -0.0465. The lowest BCUT2D eigenvalue weighted by Crippen LogP contribution is -2.15. The summed E-state index contributed by atoms with van der Waals surface area (Å²) < 4.78 is 38.1. The molecular weight excluding hydrogens is 382 g/mol. The van der Waals surface area contributed by atoms with Gasteiger partial charge in [0.25, 0.3) is 0 Å². The molecule has 2 rings (SSSR count). The van der Waals surface area contributed by atoms with Gasteiger partial charge in [0, 0.05) is 10.8 Å². The highest BCUT2D eigenvalue weighted by atomic mass is 35.5. The van der Waals surface area contributed by atoms with Gasteiger partial charge in [-0.25, -0.2) is 0 Å². The monoisotopic (exact) mass is 393 g/mol. The second kappa shape index (κ2) is 8.14. The summed E-state index contributed by atoms with van der Waals surface area (Å²) in [5.74, 6) is 0.148. The number of halogens is 5. The standard InChI is InChI=1S/C16H12Cl2F3NOS/c17-12-4-2-1-3-10(12)8-24-9-15(23)22-14-7-11(16(19,20)21)5-6-13(14)18/h1-7H,8-9H2,(H,22,23). The Bertz CT molecular complexity index is 738. The average molecular weight is 394 g/mol. The van der Waals surface area contributed by atoms with E-state index in [1.54, 1.807) is 12.1 Å². The van der Waals surface area contributed by atoms with Gasteiger partial charge in [-0.15, -0.1) is 11.8 Å². The number of anilines is 1. The van der Waals surface area contributed by atoms with Crippen LogP contribution in [-0.4, -0.2) is 11.7 Å². The first kappa shape index (κ1) is 19.0. The highest BCUT2D eigenvalue weighted by molar-refractivity contribution is 7.99. The van der Waals surface area contributed by atoms with Crippen molar-refractivity contribution in [2.75, 3.05) is 11.1 Å². The van der Waals surface area contributed by atoms with Crippen molar-refractivity contribution in [3.05, 3.63) is 63.6 Å². The third-order valence-corrected chi connectivity index (χ3v) is 4.70. The van der Waals surface area contributed by atoms with Gasteiger partial charge in [-0.2, -0.15) is 13.2 Å². The maximum Gasteiger partial charge on any atom is 0.416 e. The molecule has 1 N–H and O–H groups in total. The summed E-state index contributed by atoms with van der Waals surface area (Å²) in [6, 6.07) is 10.0. The number of benzene rings is 2. The maximum absolute atomic E-state index is 12.7. The smallest absolute Gasteiger partial charge is 0.324 e. The first-order valence-corrected chi connectivity index (χ1v) is 8.66. The lowest BCUT2D eigenvalue weighted by atomic mass is 10.2. The number of nitrogens with one attached hydrogen (secondary N) is 1. The number of thioether (sulfide) groups is 1. The van der Waals surface area contributed by atoms with Gasteiger partial charge in [-0.05, 0) is 29.8 Å². The zero-order valence-corrected chi connectivity index (χ0v) is 14.5. The molecule has 128 valence electrons. The van der Waals surface area contributed by atoms with Crippen LogP contribution in [0.1, 0.15) is 11.1 Å². The van der Waals surface area contributed by atoms with Crippen LogP contribution >= 0.6 is 35.0 Å². The molecule has 24 heavy (non-hydrogen) atoms. The highest BCUT2D eigenvalue weighted by Gasteiger charge is 2.31. The second-order valence-electron chi connectivity index (χ2n) is 4.82. The molecule has 0 aliphatic carbocycles. The van der Waals surface area contributed by atoms with Gasteiger partial charge in [0.05, 0.1) is 22.0 Å². The van der Waals surface area contributed by atoms with Crippen LogP contribution in [0.4, 0.5) is 18.9 Å². The van der Waals surface area contributed by atoms with E-state index in [1.165, 1.54) is 11.8 Å². The Morgan fingerprint density at radius 2 is 1.79 bits per heavy atom. The third kappa shape index (κ3) is 5.33. The van der Waals surface area contributed by atoms with E-state index in [4.69, 9.17) is 23.2 Å². The van der Waals surface area contributed by atoms with Crippen LogP contribution in [0.25, 0.3) is 0 Å². The number of carbonyl (C=O) groups excluding carboxylic acids is 1.